The smallest absolute Gasteiger partial charge is 0.312 e. The zero-order chi connectivity index (χ0) is 20.1. The average molecular weight is 390 g/mol. The van der Waals surface area contributed by atoms with Crippen LogP contribution in [0.4, 0.5) is 4.79 Å². The number of rotatable bonds is 6. The maximum absolute atomic E-state index is 12.3. The molecule has 8 heteroatoms. The highest BCUT2D eigenvalue weighted by Gasteiger charge is 2.42. The molecular weight excluding hydrogens is 360 g/mol. The molecule has 2 aliphatic heterocycles. The molecule has 2 saturated heterocycles. The van der Waals surface area contributed by atoms with Crippen molar-refractivity contribution >= 4 is 11.9 Å². The van der Waals surface area contributed by atoms with E-state index in [4.69, 9.17) is 15.2 Å². The molecule has 1 aromatic carbocycles. The van der Waals surface area contributed by atoms with E-state index in [1.54, 1.807) is 14.2 Å². The van der Waals surface area contributed by atoms with Gasteiger partial charge in [-0.25, -0.2) is 4.79 Å². The van der Waals surface area contributed by atoms with Gasteiger partial charge in [-0.15, -0.1) is 0 Å². The van der Waals surface area contributed by atoms with Gasteiger partial charge in [-0.1, -0.05) is 12.1 Å². The molecule has 0 aromatic heterocycles. The van der Waals surface area contributed by atoms with Crippen molar-refractivity contribution in [2.45, 2.75) is 25.8 Å². The molecule has 3 rings (SSSR count). The molecule has 1 spiro atoms. The second-order valence-corrected chi connectivity index (χ2v) is 7.75. The first-order valence-electron chi connectivity index (χ1n) is 9.70. The summed E-state index contributed by atoms with van der Waals surface area (Å²) in [5.74, 6) is 1.46. The normalized spacial score (nSPS) is 22.3. The van der Waals surface area contributed by atoms with Gasteiger partial charge in [0.05, 0.1) is 20.8 Å². The van der Waals surface area contributed by atoms with E-state index in [1.807, 2.05) is 17.0 Å². The van der Waals surface area contributed by atoms with Crippen molar-refractivity contribution in [2.75, 3.05) is 46.9 Å². The topological polar surface area (TPSA) is 97.1 Å². The van der Waals surface area contributed by atoms with Gasteiger partial charge >= 0.3 is 6.03 Å². The first-order chi connectivity index (χ1) is 13.5. The van der Waals surface area contributed by atoms with Gasteiger partial charge in [0.2, 0.25) is 5.91 Å². The van der Waals surface area contributed by atoms with Crippen molar-refractivity contribution in [3.63, 3.8) is 0 Å². The first-order valence-corrected chi connectivity index (χ1v) is 9.70. The molecule has 1 aromatic rings. The number of amides is 3. The number of hydrogen-bond donors (Lipinski definition) is 2. The van der Waals surface area contributed by atoms with Crippen molar-refractivity contribution in [1.29, 1.82) is 0 Å². The van der Waals surface area contributed by atoms with Crippen LogP contribution in [0.25, 0.3) is 0 Å². The highest BCUT2D eigenvalue weighted by atomic mass is 16.5. The number of benzene rings is 1. The quantitative estimate of drug-likeness (QED) is 0.760. The van der Waals surface area contributed by atoms with Crippen LogP contribution in [0.3, 0.4) is 0 Å². The van der Waals surface area contributed by atoms with Crippen LogP contribution in [0.5, 0.6) is 11.5 Å². The highest BCUT2D eigenvalue weighted by Crippen LogP contribution is 2.40. The lowest BCUT2D eigenvalue weighted by molar-refractivity contribution is -0.129. The van der Waals surface area contributed by atoms with E-state index in [0.717, 1.165) is 69.0 Å². The second kappa shape index (κ2) is 8.68. The molecule has 0 saturated carbocycles. The van der Waals surface area contributed by atoms with Crippen molar-refractivity contribution in [3.8, 4) is 11.5 Å². The lowest BCUT2D eigenvalue weighted by Gasteiger charge is -2.40. The largest absolute Gasteiger partial charge is 0.493 e. The third-order valence-electron chi connectivity index (χ3n) is 5.82. The number of likely N-dealkylation sites (tertiary alicyclic amines) is 2. The fourth-order valence-electron chi connectivity index (χ4n) is 4.52. The summed E-state index contributed by atoms with van der Waals surface area (Å²) >= 11 is 0. The van der Waals surface area contributed by atoms with Gasteiger partial charge in [0.15, 0.2) is 11.5 Å². The number of nitrogens with two attached hydrogens (primary N) is 1. The molecule has 154 valence electrons. The molecule has 2 fully saturated rings. The number of methoxy groups -OCH3 is 2. The third kappa shape index (κ3) is 4.49. The van der Waals surface area contributed by atoms with E-state index >= 15 is 0 Å². The van der Waals surface area contributed by atoms with Gasteiger partial charge < -0.3 is 25.4 Å². The van der Waals surface area contributed by atoms with Gasteiger partial charge in [0, 0.05) is 37.2 Å². The average Bonchev–Trinajstić information content (AvgIpc) is 3.09. The molecular formula is C20H30N4O4. The maximum Gasteiger partial charge on any atom is 0.312 e. The van der Waals surface area contributed by atoms with Crippen LogP contribution in [-0.4, -0.2) is 68.7 Å². The fraction of sp³-hybridized carbons (Fsp3) is 0.600. The summed E-state index contributed by atoms with van der Waals surface area (Å²) in [4.78, 5) is 27.5. The summed E-state index contributed by atoms with van der Waals surface area (Å²) in [7, 11) is 3.31. The molecule has 0 unspecified atom stereocenters. The van der Waals surface area contributed by atoms with Crippen LogP contribution >= 0.6 is 0 Å². The number of carbonyl (C=O) groups is 2. The Morgan fingerprint density at radius 1 is 1.18 bits per heavy atom. The molecule has 0 radical (unpaired) electrons. The summed E-state index contributed by atoms with van der Waals surface area (Å²) in [6.45, 7) is 4.20. The van der Waals surface area contributed by atoms with E-state index < -0.39 is 6.03 Å². The Labute approximate surface area is 165 Å². The SMILES string of the molecule is COc1cccc(CN2CCC[C@]3(CCN(C(=O)CNC(N)=O)C3)C2)c1OC. The molecule has 8 nitrogen and oxygen atoms in total. The predicted molar refractivity (Wildman–Crippen MR) is 105 cm³/mol. The number of nitrogens with one attached hydrogen (secondary N) is 1. The summed E-state index contributed by atoms with van der Waals surface area (Å²) in [6, 6.07) is 5.29. The number of urea groups is 1. The summed E-state index contributed by atoms with van der Waals surface area (Å²) in [5, 5.41) is 2.39. The van der Waals surface area contributed by atoms with Gasteiger partial charge in [-0.05, 0) is 31.9 Å². The molecule has 3 N–H and O–H groups in total. The Morgan fingerprint density at radius 2 is 2.00 bits per heavy atom. The van der Waals surface area contributed by atoms with Crippen molar-refractivity contribution in [1.82, 2.24) is 15.1 Å². The first kappa shape index (κ1) is 20.3. The van der Waals surface area contributed by atoms with Crippen LogP contribution in [0.1, 0.15) is 24.8 Å². The number of piperidine rings is 1. The van der Waals surface area contributed by atoms with Crippen LogP contribution in [0.15, 0.2) is 18.2 Å². The second-order valence-electron chi connectivity index (χ2n) is 7.75. The van der Waals surface area contributed by atoms with Crippen LogP contribution < -0.4 is 20.5 Å². The Bertz CT molecular complexity index is 726. The lowest BCUT2D eigenvalue weighted by Crippen LogP contribution is -2.46. The number of nitrogens with zero attached hydrogens (tertiary/aromatic N) is 2. The van der Waals surface area contributed by atoms with Crippen molar-refractivity contribution < 1.29 is 19.1 Å². The van der Waals surface area contributed by atoms with Crippen LogP contribution in [0.2, 0.25) is 0 Å². The standard InChI is InChI=1S/C20H30N4O4/c1-27-16-6-3-5-15(18(16)28-2)12-23-9-4-7-20(13-23)8-10-24(14-20)17(25)11-22-19(21)26/h3,5-6H,4,7-14H2,1-2H3,(H3,21,22,26)/t20-/m0/s1. The van der Waals surface area contributed by atoms with E-state index in [-0.39, 0.29) is 17.9 Å². The van der Waals surface area contributed by atoms with E-state index in [9.17, 15) is 9.59 Å². The third-order valence-corrected chi connectivity index (χ3v) is 5.82. The van der Waals surface area contributed by atoms with E-state index in [1.165, 1.54) is 0 Å². The Hall–Kier alpha value is -2.48. The number of hydrogen-bond acceptors (Lipinski definition) is 5. The number of para-hydroxylation sites is 1. The van der Waals surface area contributed by atoms with Gasteiger partial charge in [0.25, 0.3) is 0 Å². The Morgan fingerprint density at radius 3 is 2.71 bits per heavy atom. The van der Waals surface area contributed by atoms with Crippen LogP contribution in [0, 0.1) is 5.41 Å². The molecule has 2 aliphatic rings. The molecule has 0 bridgehead atoms. The maximum atomic E-state index is 12.3. The summed E-state index contributed by atoms with van der Waals surface area (Å²) in [6.07, 6.45) is 3.21. The minimum atomic E-state index is -0.668. The lowest BCUT2D eigenvalue weighted by atomic mass is 9.79. The Balaban J connectivity index is 1.63. The predicted octanol–water partition coefficient (Wildman–Crippen LogP) is 1.19. The zero-order valence-corrected chi connectivity index (χ0v) is 16.7. The van der Waals surface area contributed by atoms with Crippen molar-refractivity contribution in [3.05, 3.63) is 23.8 Å². The highest BCUT2D eigenvalue weighted by molar-refractivity contribution is 5.83. The molecule has 0 aliphatic carbocycles. The summed E-state index contributed by atoms with van der Waals surface area (Å²) in [5.41, 5.74) is 6.29. The van der Waals surface area contributed by atoms with Crippen LogP contribution in [-0.2, 0) is 11.3 Å². The Kier molecular flexibility index (Phi) is 6.28. The minimum Gasteiger partial charge on any atom is -0.493 e. The number of ether oxygens (including phenoxy) is 2. The molecule has 1 atom stereocenters. The van der Waals surface area contributed by atoms with Gasteiger partial charge in [0.1, 0.15) is 0 Å². The number of primary amides is 1. The van der Waals surface area contributed by atoms with Gasteiger partial charge in [-0.3, -0.25) is 9.69 Å². The molecule has 28 heavy (non-hydrogen) atoms. The van der Waals surface area contributed by atoms with Gasteiger partial charge in [-0.2, -0.15) is 0 Å². The fourth-order valence-corrected chi connectivity index (χ4v) is 4.52. The van der Waals surface area contributed by atoms with E-state index in [2.05, 4.69) is 16.3 Å². The molecule has 3 amide bonds. The summed E-state index contributed by atoms with van der Waals surface area (Å²) < 4.78 is 11.0. The van der Waals surface area contributed by atoms with E-state index in [0.29, 0.717) is 0 Å². The number of carbonyl (C=O) groups excluding carboxylic acids is 2. The monoisotopic (exact) mass is 390 g/mol. The van der Waals surface area contributed by atoms with Crippen molar-refractivity contribution in [2.24, 2.45) is 11.1 Å². The minimum absolute atomic E-state index is 0.0316. The molecule has 2 heterocycles. The zero-order valence-electron chi connectivity index (χ0n) is 16.7.